The molecule has 0 bridgehead atoms. The fourth-order valence-electron chi connectivity index (χ4n) is 1.36. The number of hydrogen-bond donors (Lipinski definition) is 1. The standard InChI is InChI=1S/C13H15Cl2N/c1-2-3-4-5-8-16-10-11-6-7-12(14)13(15)9-11/h1,6-7,9,16H,3-5,8,10H2. The van der Waals surface area contributed by atoms with E-state index in [1.54, 1.807) is 0 Å². The van der Waals surface area contributed by atoms with Crippen molar-refractivity contribution in [1.82, 2.24) is 5.32 Å². The molecule has 0 aliphatic heterocycles. The summed E-state index contributed by atoms with van der Waals surface area (Å²) < 4.78 is 0. The van der Waals surface area contributed by atoms with Crippen molar-refractivity contribution in [3.8, 4) is 12.3 Å². The van der Waals surface area contributed by atoms with Gasteiger partial charge in [-0.2, -0.15) is 0 Å². The van der Waals surface area contributed by atoms with Crippen molar-refractivity contribution >= 4 is 23.2 Å². The van der Waals surface area contributed by atoms with E-state index in [1.165, 1.54) is 0 Å². The number of terminal acetylenes is 1. The maximum atomic E-state index is 5.91. The molecule has 3 heteroatoms. The summed E-state index contributed by atoms with van der Waals surface area (Å²) in [4.78, 5) is 0. The van der Waals surface area contributed by atoms with E-state index in [1.807, 2.05) is 18.2 Å². The van der Waals surface area contributed by atoms with Crippen LogP contribution in [-0.4, -0.2) is 6.54 Å². The van der Waals surface area contributed by atoms with Crippen LogP contribution < -0.4 is 5.32 Å². The molecule has 0 aliphatic rings. The maximum Gasteiger partial charge on any atom is 0.0595 e. The highest BCUT2D eigenvalue weighted by molar-refractivity contribution is 6.42. The zero-order valence-electron chi connectivity index (χ0n) is 9.10. The summed E-state index contributed by atoms with van der Waals surface area (Å²) in [7, 11) is 0. The lowest BCUT2D eigenvalue weighted by atomic mass is 10.2. The molecular formula is C13H15Cl2N. The SMILES string of the molecule is C#CCCCCNCc1ccc(Cl)c(Cl)c1. The van der Waals surface area contributed by atoms with E-state index in [9.17, 15) is 0 Å². The number of hydrogen-bond acceptors (Lipinski definition) is 1. The molecule has 0 aromatic heterocycles. The van der Waals surface area contributed by atoms with E-state index in [2.05, 4.69) is 11.2 Å². The van der Waals surface area contributed by atoms with E-state index in [0.29, 0.717) is 10.0 Å². The Morgan fingerprint density at radius 3 is 2.69 bits per heavy atom. The predicted molar refractivity (Wildman–Crippen MR) is 70.9 cm³/mol. The lowest BCUT2D eigenvalue weighted by Gasteiger charge is -2.05. The van der Waals surface area contributed by atoms with Crippen LogP contribution in [0.4, 0.5) is 0 Å². The molecule has 0 amide bonds. The molecule has 1 N–H and O–H groups in total. The third-order valence-electron chi connectivity index (χ3n) is 2.24. The van der Waals surface area contributed by atoms with Gasteiger partial charge in [0.2, 0.25) is 0 Å². The minimum atomic E-state index is 0.597. The van der Waals surface area contributed by atoms with E-state index in [-0.39, 0.29) is 0 Å². The van der Waals surface area contributed by atoms with Gasteiger partial charge in [-0.3, -0.25) is 0 Å². The summed E-state index contributed by atoms with van der Waals surface area (Å²) in [6, 6.07) is 5.68. The van der Waals surface area contributed by atoms with Crippen molar-refractivity contribution in [2.75, 3.05) is 6.54 Å². The Balaban J connectivity index is 2.22. The van der Waals surface area contributed by atoms with Gasteiger partial charge in [0, 0.05) is 13.0 Å². The highest BCUT2D eigenvalue weighted by Crippen LogP contribution is 2.22. The van der Waals surface area contributed by atoms with Crippen LogP contribution in [0.25, 0.3) is 0 Å². The predicted octanol–water partition coefficient (Wildman–Crippen LogP) is 3.89. The first kappa shape index (κ1) is 13.4. The van der Waals surface area contributed by atoms with Gasteiger partial charge in [-0.1, -0.05) is 29.3 Å². The summed E-state index contributed by atoms with van der Waals surface area (Å²) in [6.07, 6.45) is 8.20. The Hall–Kier alpha value is -0.680. The summed E-state index contributed by atoms with van der Waals surface area (Å²) >= 11 is 11.7. The second-order valence-electron chi connectivity index (χ2n) is 3.59. The van der Waals surface area contributed by atoms with Gasteiger partial charge in [-0.15, -0.1) is 12.3 Å². The molecule has 1 aromatic rings. The van der Waals surface area contributed by atoms with Crippen molar-refractivity contribution in [3.63, 3.8) is 0 Å². The zero-order valence-corrected chi connectivity index (χ0v) is 10.6. The monoisotopic (exact) mass is 255 g/mol. The van der Waals surface area contributed by atoms with Crippen molar-refractivity contribution in [2.24, 2.45) is 0 Å². The van der Waals surface area contributed by atoms with Gasteiger partial charge in [0.05, 0.1) is 10.0 Å². The van der Waals surface area contributed by atoms with Crippen LogP contribution in [0, 0.1) is 12.3 Å². The topological polar surface area (TPSA) is 12.0 Å². The van der Waals surface area contributed by atoms with Crippen LogP contribution in [0.15, 0.2) is 18.2 Å². The zero-order chi connectivity index (χ0) is 11.8. The third kappa shape index (κ3) is 4.90. The van der Waals surface area contributed by atoms with E-state index in [0.717, 1.165) is 37.9 Å². The largest absolute Gasteiger partial charge is 0.313 e. The molecule has 0 saturated carbocycles. The molecule has 86 valence electrons. The maximum absolute atomic E-state index is 5.91. The number of unbranched alkanes of at least 4 members (excludes halogenated alkanes) is 2. The average Bonchev–Trinajstić information content (AvgIpc) is 2.28. The summed E-state index contributed by atoms with van der Waals surface area (Å²) in [5.74, 6) is 2.63. The molecule has 1 aromatic carbocycles. The fourth-order valence-corrected chi connectivity index (χ4v) is 1.68. The minimum absolute atomic E-state index is 0.597. The molecule has 0 unspecified atom stereocenters. The van der Waals surface area contributed by atoms with Crippen molar-refractivity contribution in [1.29, 1.82) is 0 Å². The minimum Gasteiger partial charge on any atom is -0.313 e. The second kappa shape index (κ2) is 7.57. The van der Waals surface area contributed by atoms with Gasteiger partial charge >= 0.3 is 0 Å². The first-order valence-corrected chi connectivity index (χ1v) is 6.07. The Morgan fingerprint density at radius 1 is 1.19 bits per heavy atom. The molecule has 0 radical (unpaired) electrons. The van der Waals surface area contributed by atoms with Crippen LogP contribution in [0.3, 0.4) is 0 Å². The molecule has 0 spiro atoms. The molecule has 0 heterocycles. The number of nitrogens with one attached hydrogen (secondary N) is 1. The van der Waals surface area contributed by atoms with E-state index in [4.69, 9.17) is 29.6 Å². The average molecular weight is 256 g/mol. The van der Waals surface area contributed by atoms with Crippen molar-refractivity contribution in [2.45, 2.75) is 25.8 Å². The number of halogens is 2. The van der Waals surface area contributed by atoms with Crippen LogP contribution in [0.2, 0.25) is 10.0 Å². The van der Waals surface area contributed by atoms with Crippen LogP contribution in [0.1, 0.15) is 24.8 Å². The van der Waals surface area contributed by atoms with Crippen LogP contribution in [-0.2, 0) is 6.54 Å². The van der Waals surface area contributed by atoms with Gasteiger partial charge in [-0.05, 0) is 37.1 Å². The van der Waals surface area contributed by atoms with Crippen molar-refractivity contribution < 1.29 is 0 Å². The third-order valence-corrected chi connectivity index (χ3v) is 2.98. The molecule has 16 heavy (non-hydrogen) atoms. The molecular weight excluding hydrogens is 241 g/mol. The van der Waals surface area contributed by atoms with Crippen LogP contribution in [0.5, 0.6) is 0 Å². The van der Waals surface area contributed by atoms with E-state index < -0.39 is 0 Å². The van der Waals surface area contributed by atoms with Gasteiger partial charge in [0.25, 0.3) is 0 Å². The lowest BCUT2D eigenvalue weighted by molar-refractivity contribution is 0.630. The normalized spacial score (nSPS) is 10.1. The lowest BCUT2D eigenvalue weighted by Crippen LogP contribution is -2.14. The van der Waals surface area contributed by atoms with Crippen molar-refractivity contribution in [3.05, 3.63) is 33.8 Å². The Kier molecular flexibility index (Phi) is 6.33. The summed E-state index contributed by atoms with van der Waals surface area (Å²) in [5.41, 5.74) is 1.14. The van der Waals surface area contributed by atoms with Gasteiger partial charge in [0.15, 0.2) is 0 Å². The Labute approximate surface area is 107 Å². The molecule has 1 rings (SSSR count). The van der Waals surface area contributed by atoms with Crippen LogP contribution >= 0.6 is 23.2 Å². The highest BCUT2D eigenvalue weighted by Gasteiger charge is 1.98. The van der Waals surface area contributed by atoms with Gasteiger partial charge < -0.3 is 5.32 Å². The first-order valence-electron chi connectivity index (χ1n) is 5.32. The van der Waals surface area contributed by atoms with Gasteiger partial charge in [0.1, 0.15) is 0 Å². The fraction of sp³-hybridized carbons (Fsp3) is 0.385. The summed E-state index contributed by atoms with van der Waals surface area (Å²) in [6.45, 7) is 1.79. The molecule has 0 aliphatic carbocycles. The quantitative estimate of drug-likeness (QED) is 0.601. The molecule has 1 nitrogen and oxygen atoms in total. The molecule has 0 fully saturated rings. The Bertz CT molecular complexity index is 369. The number of benzene rings is 1. The van der Waals surface area contributed by atoms with Gasteiger partial charge in [-0.25, -0.2) is 0 Å². The smallest absolute Gasteiger partial charge is 0.0595 e. The Morgan fingerprint density at radius 2 is 2.00 bits per heavy atom. The second-order valence-corrected chi connectivity index (χ2v) is 4.40. The number of rotatable bonds is 6. The van der Waals surface area contributed by atoms with E-state index >= 15 is 0 Å². The first-order chi connectivity index (χ1) is 7.74. The highest BCUT2D eigenvalue weighted by atomic mass is 35.5. The summed E-state index contributed by atoms with van der Waals surface area (Å²) in [5, 5.41) is 4.54. The molecule has 0 atom stereocenters. The molecule has 0 saturated heterocycles.